The predicted octanol–water partition coefficient (Wildman–Crippen LogP) is -2.13. The van der Waals surface area contributed by atoms with E-state index in [1.165, 1.54) is 24.6 Å². The molecule has 0 fully saturated rings. The Bertz CT molecular complexity index is 330. The predicted molar refractivity (Wildman–Crippen MR) is 100 cm³/mol. The highest BCUT2D eigenvalue weighted by Gasteiger charge is 2.23. The van der Waals surface area contributed by atoms with Crippen molar-refractivity contribution >= 4 is 23.3 Å². The van der Waals surface area contributed by atoms with E-state index < -0.39 is 0 Å². The first-order valence-corrected chi connectivity index (χ1v) is 8.40. The fraction of sp³-hybridized carbons (Fsp3) is 0.867. The largest absolute Gasteiger partial charge is 1.00 e. The van der Waals surface area contributed by atoms with Gasteiger partial charge in [0.1, 0.15) is 6.54 Å². The van der Waals surface area contributed by atoms with E-state index in [0.717, 1.165) is 37.2 Å². The maximum Gasteiger partial charge on any atom is 0.194 e. The molecule has 6 nitrogen and oxygen atoms in total. The average molecular weight is 371 g/mol. The lowest BCUT2D eigenvalue weighted by atomic mass is 10.5. The van der Waals surface area contributed by atoms with Gasteiger partial charge in [-0.1, -0.05) is 0 Å². The van der Waals surface area contributed by atoms with Gasteiger partial charge in [-0.2, -0.15) is 0 Å². The van der Waals surface area contributed by atoms with Crippen molar-refractivity contribution in [1.82, 2.24) is 10.2 Å². The van der Waals surface area contributed by atoms with Crippen LogP contribution in [0.1, 0.15) is 13.8 Å². The van der Waals surface area contributed by atoms with Crippen molar-refractivity contribution in [3.05, 3.63) is 0 Å². The molecule has 8 heteroatoms. The second-order valence-corrected chi connectivity index (χ2v) is 5.58. The smallest absolute Gasteiger partial charge is 0.194 e. The van der Waals surface area contributed by atoms with Crippen molar-refractivity contribution in [2.75, 3.05) is 73.8 Å². The summed E-state index contributed by atoms with van der Waals surface area (Å²) in [5, 5.41) is 2.89. The number of likely N-dealkylation sites (N-methyl/N-ethyl adjacent to an activating group) is 3. The summed E-state index contributed by atoms with van der Waals surface area (Å²) in [4.78, 5) is 10.6. The van der Waals surface area contributed by atoms with Gasteiger partial charge in [0.2, 0.25) is 0 Å². The van der Waals surface area contributed by atoms with Crippen LogP contribution in [0, 0.1) is 0 Å². The Labute approximate surface area is 154 Å². The highest BCUT2D eigenvalue weighted by atomic mass is 35.5. The average Bonchev–Trinajstić information content (AvgIpc) is 3.00. The quantitative estimate of drug-likeness (QED) is 0.431. The van der Waals surface area contributed by atoms with Crippen LogP contribution in [0.15, 0.2) is 9.98 Å². The lowest BCUT2D eigenvalue weighted by Gasteiger charge is -2.21. The third-order valence-corrected chi connectivity index (χ3v) is 3.60. The molecule has 140 valence electrons. The zero-order chi connectivity index (χ0) is 17.6. The lowest BCUT2D eigenvalue weighted by molar-refractivity contribution is -0.792. The molecular formula is C15H36Cl2N6. The molecule has 0 aromatic carbocycles. The molecule has 3 N–H and O–H groups in total. The molecule has 2 rings (SSSR count). The molecule has 2 aliphatic heterocycles. The molecule has 0 bridgehead atoms. The Kier molecular flexibility index (Phi) is 19.6. The summed E-state index contributed by atoms with van der Waals surface area (Å²) in [6.07, 6.45) is 1.47. The zero-order valence-corrected chi connectivity index (χ0v) is 17.4. The topological polar surface area (TPSA) is 66.0 Å². The summed E-state index contributed by atoms with van der Waals surface area (Å²) in [6.45, 7) is 10.1. The van der Waals surface area contributed by atoms with Crippen LogP contribution >= 0.6 is 11.6 Å². The van der Waals surface area contributed by atoms with Crippen LogP contribution in [0.25, 0.3) is 0 Å². The van der Waals surface area contributed by atoms with Gasteiger partial charge in [0.15, 0.2) is 5.84 Å². The second kappa shape index (κ2) is 16.5. The van der Waals surface area contributed by atoms with Crippen LogP contribution in [0.4, 0.5) is 0 Å². The van der Waals surface area contributed by atoms with E-state index in [2.05, 4.69) is 59.9 Å². The van der Waals surface area contributed by atoms with E-state index in [9.17, 15) is 0 Å². The summed E-state index contributed by atoms with van der Waals surface area (Å²) in [6, 6.07) is 0. The van der Waals surface area contributed by atoms with Crippen molar-refractivity contribution in [2.45, 2.75) is 13.8 Å². The number of amidine groups is 2. The molecule has 0 unspecified atom stereocenters. The minimum absolute atomic E-state index is 0. The van der Waals surface area contributed by atoms with Gasteiger partial charge >= 0.3 is 0 Å². The van der Waals surface area contributed by atoms with Crippen molar-refractivity contribution < 1.29 is 16.9 Å². The molecule has 0 radical (unpaired) electrons. The van der Waals surface area contributed by atoms with E-state index in [-0.39, 0.29) is 12.4 Å². The first-order valence-electron chi connectivity index (χ1n) is 7.64. The van der Waals surface area contributed by atoms with Crippen molar-refractivity contribution in [3.63, 3.8) is 0 Å². The van der Waals surface area contributed by atoms with Gasteiger partial charge in [-0.05, 0) is 14.0 Å². The van der Waals surface area contributed by atoms with Crippen LogP contribution in [0.3, 0.4) is 0 Å². The van der Waals surface area contributed by atoms with Gasteiger partial charge < -0.3 is 28.4 Å². The van der Waals surface area contributed by atoms with Gasteiger partial charge in [-0.3, -0.25) is 9.48 Å². The van der Waals surface area contributed by atoms with Gasteiger partial charge in [0, 0.05) is 40.0 Å². The van der Waals surface area contributed by atoms with E-state index in [0.29, 0.717) is 0 Å². The lowest BCUT2D eigenvalue weighted by Crippen LogP contribution is -3.00. The number of quaternary nitrogens is 1. The van der Waals surface area contributed by atoms with Crippen LogP contribution in [-0.2, 0) is 0 Å². The highest BCUT2D eigenvalue weighted by molar-refractivity contribution is 6.15. The normalized spacial score (nSPS) is 17.2. The minimum atomic E-state index is 0. The minimum Gasteiger partial charge on any atom is -1.00 e. The Morgan fingerprint density at radius 3 is 1.87 bits per heavy atom. The summed E-state index contributed by atoms with van der Waals surface area (Å²) in [5.41, 5.74) is 5.08. The van der Waals surface area contributed by atoms with Crippen molar-refractivity contribution in [3.8, 4) is 0 Å². The molecular weight excluding hydrogens is 335 g/mol. The SMILES string of the molecule is CC1=NCCN1C.CC1=NCC[N+]1(C)C.CCl.CNCCN.[Cl-]. The number of halogens is 2. The molecule has 0 aromatic rings. The van der Waals surface area contributed by atoms with Gasteiger partial charge in [-0.15, -0.1) is 11.6 Å². The number of rotatable bonds is 2. The number of alkyl halides is 1. The Morgan fingerprint density at radius 2 is 1.78 bits per heavy atom. The third-order valence-electron chi connectivity index (χ3n) is 3.60. The third kappa shape index (κ3) is 13.7. The molecule has 0 aliphatic carbocycles. The van der Waals surface area contributed by atoms with E-state index in [4.69, 9.17) is 5.73 Å². The zero-order valence-electron chi connectivity index (χ0n) is 15.9. The number of hydrogen-bond donors (Lipinski definition) is 2. The Hall–Kier alpha value is -0.400. The fourth-order valence-corrected chi connectivity index (χ4v) is 1.60. The van der Waals surface area contributed by atoms with Crippen molar-refractivity contribution in [2.24, 2.45) is 15.7 Å². The first kappa shape index (κ1) is 27.4. The standard InChI is InChI=1S/C6H13N2.C5H10N2.C3H10N2.CH3Cl.ClH/c1-6-7-4-5-8(6,2)3;1-5-6-3-4-7(5)2;1-5-3-2-4;1-2;/h4-5H2,1-3H3;3-4H2,1-2H3;5H,2-4H2,1H3;1H3;1H/q+1;;;;/p-1. The van der Waals surface area contributed by atoms with Crippen LogP contribution in [0.5, 0.6) is 0 Å². The maximum atomic E-state index is 5.08. The molecule has 0 aromatic heterocycles. The molecule has 0 amide bonds. The summed E-state index contributed by atoms with van der Waals surface area (Å²) in [7, 11) is 8.32. The maximum absolute atomic E-state index is 5.08. The van der Waals surface area contributed by atoms with Crippen LogP contribution in [0.2, 0.25) is 0 Å². The summed E-state index contributed by atoms with van der Waals surface area (Å²) < 4.78 is 0.986. The molecule has 2 aliphatic rings. The van der Waals surface area contributed by atoms with Gasteiger partial charge in [-0.25, -0.2) is 4.99 Å². The van der Waals surface area contributed by atoms with E-state index in [1.807, 2.05) is 14.0 Å². The number of nitrogens with one attached hydrogen (secondary N) is 1. The van der Waals surface area contributed by atoms with Crippen LogP contribution in [-0.4, -0.2) is 94.9 Å². The molecule has 0 spiro atoms. The number of nitrogens with zero attached hydrogens (tertiary/aromatic N) is 4. The van der Waals surface area contributed by atoms with E-state index in [1.54, 1.807) is 0 Å². The molecule has 0 saturated carbocycles. The molecule has 0 saturated heterocycles. The Balaban J connectivity index is -0.000000248. The second-order valence-electron chi connectivity index (χ2n) is 5.58. The number of aliphatic imine (C=N–C) groups is 2. The summed E-state index contributed by atoms with van der Waals surface area (Å²) >= 11 is 4.64. The first-order chi connectivity index (χ1) is 10.3. The van der Waals surface area contributed by atoms with Gasteiger partial charge in [0.05, 0.1) is 33.0 Å². The molecule has 23 heavy (non-hydrogen) atoms. The Morgan fingerprint density at radius 1 is 1.22 bits per heavy atom. The monoisotopic (exact) mass is 370 g/mol. The molecule has 2 heterocycles. The van der Waals surface area contributed by atoms with E-state index >= 15 is 0 Å². The fourth-order valence-electron chi connectivity index (χ4n) is 1.60. The van der Waals surface area contributed by atoms with Gasteiger partial charge in [0.25, 0.3) is 0 Å². The van der Waals surface area contributed by atoms with Crippen LogP contribution < -0.4 is 23.5 Å². The highest BCUT2D eigenvalue weighted by Crippen LogP contribution is 2.05. The number of nitrogens with two attached hydrogens (primary N) is 1. The summed E-state index contributed by atoms with van der Waals surface area (Å²) in [5.74, 6) is 2.42. The van der Waals surface area contributed by atoms with Crippen molar-refractivity contribution in [1.29, 1.82) is 0 Å². The number of hydrogen-bond acceptors (Lipinski definition) is 5. The molecule has 0 atom stereocenters.